The summed E-state index contributed by atoms with van der Waals surface area (Å²) in [5, 5.41) is 18.6. The highest BCUT2D eigenvalue weighted by Crippen LogP contribution is 2.55. The minimum atomic E-state index is -0.771. The highest BCUT2D eigenvalue weighted by atomic mass is 16.4. The number of carboxylic acid groups (broad SMARTS) is 1. The SMILES string of the molecule is CC(O)C12C=CC(CC1C(=O)O)C2. The van der Waals surface area contributed by atoms with Gasteiger partial charge in [-0.3, -0.25) is 4.79 Å². The molecular formula is C10H14O3. The summed E-state index contributed by atoms with van der Waals surface area (Å²) in [6, 6.07) is 0. The summed E-state index contributed by atoms with van der Waals surface area (Å²) in [5.74, 6) is -0.786. The normalized spacial score (nSPS) is 43.8. The molecule has 2 bridgehead atoms. The first kappa shape index (κ1) is 8.75. The third kappa shape index (κ3) is 1.03. The van der Waals surface area contributed by atoms with Crippen molar-refractivity contribution in [1.82, 2.24) is 0 Å². The van der Waals surface area contributed by atoms with E-state index in [4.69, 9.17) is 5.11 Å². The van der Waals surface area contributed by atoms with E-state index in [9.17, 15) is 9.90 Å². The molecule has 0 aliphatic heterocycles. The van der Waals surface area contributed by atoms with Gasteiger partial charge in [-0.05, 0) is 25.7 Å². The lowest BCUT2D eigenvalue weighted by Gasteiger charge is -2.32. The van der Waals surface area contributed by atoms with Crippen LogP contribution in [0, 0.1) is 17.3 Å². The van der Waals surface area contributed by atoms with E-state index in [0.29, 0.717) is 12.3 Å². The molecule has 0 amide bonds. The molecule has 2 rings (SSSR count). The molecule has 0 saturated heterocycles. The number of carboxylic acids is 1. The lowest BCUT2D eigenvalue weighted by molar-refractivity contribution is -0.146. The number of hydrogen-bond acceptors (Lipinski definition) is 2. The van der Waals surface area contributed by atoms with Gasteiger partial charge in [0, 0.05) is 5.41 Å². The third-order valence-corrected chi connectivity index (χ3v) is 3.56. The van der Waals surface area contributed by atoms with E-state index in [1.54, 1.807) is 6.92 Å². The summed E-state index contributed by atoms with van der Waals surface area (Å²) in [6.07, 6.45) is 4.90. The van der Waals surface area contributed by atoms with Crippen LogP contribution in [0.4, 0.5) is 0 Å². The van der Waals surface area contributed by atoms with Gasteiger partial charge < -0.3 is 10.2 Å². The van der Waals surface area contributed by atoms with Gasteiger partial charge in [-0.1, -0.05) is 12.2 Å². The standard InChI is InChI=1S/C10H14O3/c1-6(11)10-3-2-7(5-10)4-8(10)9(12)13/h2-3,6-8,11H,4-5H2,1H3,(H,12,13). The zero-order valence-corrected chi connectivity index (χ0v) is 7.60. The van der Waals surface area contributed by atoms with Crippen molar-refractivity contribution in [1.29, 1.82) is 0 Å². The van der Waals surface area contributed by atoms with Crippen molar-refractivity contribution in [2.45, 2.75) is 25.9 Å². The second-order valence-corrected chi connectivity index (χ2v) is 4.24. The summed E-state index contributed by atoms with van der Waals surface area (Å²) in [4.78, 5) is 11.0. The Morgan fingerprint density at radius 3 is 2.77 bits per heavy atom. The van der Waals surface area contributed by atoms with Crippen LogP contribution >= 0.6 is 0 Å². The molecule has 72 valence electrons. The molecule has 2 aliphatic rings. The number of carbonyl (C=O) groups is 1. The molecule has 1 saturated carbocycles. The van der Waals surface area contributed by atoms with Gasteiger partial charge in [0.05, 0.1) is 12.0 Å². The fourth-order valence-electron chi connectivity index (χ4n) is 2.78. The van der Waals surface area contributed by atoms with E-state index in [2.05, 4.69) is 0 Å². The van der Waals surface area contributed by atoms with Gasteiger partial charge in [0.25, 0.3) is 0 Å². The van der Waals surface area contributed by atoms with Gasteiger partial charge in [0.1, 0.15) is 0 Å². The molecule has 0 radical (unpaired) electrons. The van der Waals surface area contributed by atoms with E-state index in [-0.39, 0.29) is 5.92 Å². The predicted octanol–water partition coefficient (Wildman–Crippen LogP) is 1.03. The van der Waals surface area contributed by atoms with E-state index in [1.807, 2.05) is 12.2 Å². The second kappa shape index (κ2) is 2.58. The topological polar surface area (TPSA) is 57.5 Å². The molecule has 4 unspecified atom stereocenters. The molecule has 0 aromatic carbocycles. The summed E-state index contributed by atoms with van der Waals surface area (Å²) in [5.41, 5.74) is -0.476. The van der Waals surface area contributed by atoms with E-state index in [0.717, 1.165) is 6.42 Å². The molecule has 1 fully saturated rings. The first-order chi connectivity index (χ1) is 6.06. The maximum absolute atomic E-state index is 11.0. The smallest absolute Gasteiger partial charge is 0.307 e. The molecule has 0 aromatic rings. The average Bonchev–Trinajstić information content (AvgIpc) is 2.60. The van der Waals surface area contributed by atoms with Crippen LogP contribution in [0.15, 0.2) is 12.2 Å². The zero-order chi connectivity index (χ0) is 9.64. The molecule has 4 atom stereocenters. The molecule has 0 heterocycles. The van der Waals surface area contributed by atoms with Crippen molar-refractivity contribution in [2.75, 3.05) is 0 Å². The Kier molecular flexibility index (Phi) is 1.74. The Morgan fingerprint density at radius 1 is 1.69 bits per heavy atom. The van der Waals surface area contributed by atoms with Crippen LogP contribution in [0.2, 0.25) is 0 Å². The maximum atomic E-state index is 11.0. The molecule has 3 nitrogen and oxygen atoms in total. The molecule has 13 heavy (non-hydrogen) atoms. The number of aliphatic hydroxyl groups excluding tert-OH is 1. The number of allylic oxidation sites excluding steroid dienone is 1. The number of aliphatic hydroxyl groups is 1. The number of rotatable bonds is 2. The largest absolute Gasteiger partial charge is 0.481 e. The molecular weight excluding hydrogens is 168 g/mol. The lowest BCUT2D eigenvalue weighted by atomic mass is 9.74. The van der Waals surface area contributed by atoms with Crippen molar-refractivity contribution < 1.29 is 15.0 Å². The summed E-state index contributed by atoms with van der Waals surface area (Å²) in [7, 11) is 0. The van der Waals surface area contributed by atoms with Gasteiger partial charge >= 0.3 is 5.97 Å². The molecule has 0 aromatic heterocycles. The molecule has 2 aliphatic carbocycles. The minimum Gasteiger partial charge on any atom is -0.481 e. The second-order valence-electron chi connectivity index (χ2n) is 4.24. The third-order valence-electron chi connectivity index (χ3n) is 3.56. The Balaban J connectivity index is 2.33. The van der Waals surface area contributed by atoms with Gasteiger partial charge in [-0.2, -0.15) is 0 Å². The van der Waals surface area contributed by atoms with Crippen LogP contribution in [0.1, 0.15) is 19.8 Å². The Bertz CT molecular complexity index is 269. The Hall–Kier alpha value is -0.830. The van der Waals surface area contributed by atoms with Crippen LogP contribution in [0.5, 0.6) is 0 Å². The fraction of sp³-hybridized carbons (Fsp3) is 0.700. The number of fused-ring (bicyclic) bond motifs is 2. The number of hydrogen-bond donors (Lipinski definition) is 2. The number of aliphatic carboxylic acids is 1. The highest BCUT2D eigenvalue weighted by molar-refractivity contribution is 5.73. The van der Waals surface area contributed by atoms with Crippen LogP contribution in [0.25, 0.3) is 0 Å². The molecule has 3 heteroatoms. The van der Waals surface area contributed by atoms with Gasteiger partial charge in [-0.25, -0.2) is 0 Å². The van der Waals surface area contributed by atoms with Crippen molar-refractivity contribution >= 4 is 5.97 Å². The first-order valence-electron chi connectivity index (χ1n) is 4.66. The van der Waals surface area contributed by atoms with Crippen molar-refractivity contribution in [2.24, 2.45) is 17.3 Å². The summed E-state index contributed by atoms with van der Waals surface area (Å²) >= 11 is 0. The summed E-state index contributed by atoms with van der Waals surface area (Å²) in [6.45, 7) is 1.69. The average molecular weight is 182 g/mol. The zero-order valence-electron chi connectivity index (χ0n) is 7.60. The Morgan fingerprint density at radius 2 is 2.38 bits per heavy atom. The Labute approximate surface area is 77.1 Å². The fourth-order valence-corrected chi connectivity index (χ4v) is 2.78. The predicted molar refractivity (Wildman–Crippen MR) is 47.1 cm³/mol. The van der Waals surface area contributed by atoms with Gasteiger partial charge in [0.15, 0.2) is 0 Å². The monoisotopic (exact) mass is 182 g/mol. The van der Waals surface area contributed by atoms with E-state index in [1.165, 1.54) is 0 Å². The first-order valence-corrected chi connectivity index (χ1v) is 4.66. The van der Waals surface area contributed by atoms with Gasteiger partial charge in [-0.15, -0.1) is 0 Å². The van der Waals surface area contributed by atoms with Gasteiger partial charge in [0.2, 0.25) is 0 Å². The van der Waals surface area contributed by atoms with Crippen LogP contribution in [0.3, 0.4) is 0 Å². The van der Waals surface area contributed by atoms with Crippen LogP contribution in [-0.2, 0) is 4.79 Å². The van der Waals surface area contributed by atoms with Crippen molar-refractivity contribution in [3.05, 3.63) is 12.2 Å². The van der Waals surface area contributed by atoms with Crippen LogP contribution in [-0.4, -0.2) is 22.3 Å². The van der Waals surface area contributed by atoms with E-state index < -0.39 is 17.5 Å². The minimum absolute atomic E-state index is 0.371. The van der Waals surface area contributed by atoms with Crippen molar-refractivity contribution in [3.63, 3.8) is 0 Å². The molecule has 2 N–H and O–H groups in total. The van der Waals surface area contributed by atoms with Crippen LogP contribution < -0.4 is 0 Å². The summed E-state index contributed by atoms with van der Waals surface area (Å²) < 4.78 is 0. The highest BCUT2D eigenvalue weighted by Gasteiger charge is 2.54. The quantitative estimate of drug-likeness (QED) is 0.627. The lowest BCUT2D eigenvalue weighted by Crippen LogP contribution is -2.38. The molecule has 0 spiro atoms. The van der Waals surface area contributed by atoms with Crippen molar-refractivity contribution in [3.8, 4) is 0 Å². The van der Waals surface area contributed by atoms with E-state index >= 15 is 0 Å². The maximum Gasteiger partial charge on any atom is 0.307 e.